The minimum absolute atomic E-state index is 0.262. The molecule has 0 fully saturated rings. The van der Waals surface area contributed by atoms with E-state index in [-0.39, 0.29) is 5.56 Å². The Hall–Kier alpha value is -3.08. The van der Waals surface area contributed by atoms with Gasteiger partial charge in [-0.3, -0.25) is 4.98 Å². The number of carboxylic acids is 1. The van der Waals surface area contributed by atoms with E-state index in [4.69, 9.17) is 4.74 Å². The van der Waals surface area contributed by atoms with Crippen LogP contribution in [0.15, 0.2) is 54.7 Å². The lowest BCUT2D eigenvalue weighted by Crippen LogP contribution is -2.28. The zero-order valence-corrected chi connectivity index (χ0v) is 12.3. The molecule has 0 amide bonds. The van der Waals surface area contributed by atoms with Crippen LogP contribution in [0.25, 0.3) is 10.9 Å². The summed E-state index contributed by atoms with van der Waals surface area (Å²) >= 11 is 0. The van der Waals surface area contributed by atoms with Gasteiger partial charge in [-0.2, -0.15) is 0 Å². The van der Waals surface area contributed by atoms with Gasteiger partial charge in [-0.1, -0.05) is 12.1 Å². The molecular formula is C18H14N2O3. The van der Waals surface area contributed by atoms with Crippen molar-refractivity contribution in [1.29, 1.82) is 0 Å². The Morgan fingerprint density at radius 2 is 2.04 bits per heavy atom. The maximum atomic E-state index is 11.4. The van der Waals surface area contributed by atoms with Gasteiger partial charge in [0.25, 0.3) is 0 Å². The average molecular weight is 306 g/mol. The number of pyridine rings is 1. The maximum Gasteiger partial charge on any atom is 0.336 e. The van der Waals surface area contributed by atoms with Crippen molar-refractivity contribution in [3.63, 3.8) is 0 Å². The summed E-state index contributed by atoms with van der Waals surface area (Å²) in [6.07, 6.45) is 1.52. The summed E-state index contributed by atoms with van der Waals surface area (Å²) in [7, 11) is 0. The molecule has 2 aromatic carbocycles. The third-order valence-electron chi connectivity index (χ3n) is 4.00. The second-order valence-electron chi connectivity index (χ2n) is 5.33. The van der Waals surface area contributed by atoms with Crippen molar-refractivity contribution in [3.05, 3.63) is 60.3 Å². The number of ether oxygens (including phenoxy) is 1. The van der Waals surface area contributed by atoms with Crippen molar-refractivity contribution in [3.8, 4) is 5.75 Å². The van der Waals surface area contributed by atoms with Gasteiger partial charge >= 0.3 is 5.97 Å². The predicted molar refractivity (Wildman–Crippen MR) is 87.6 cm³/mol. The summed E-state index contributed by atoms with van der Waals surface area (Å²) in [6, 6.07) is 15.1. The van der Waals surface area contributed by atoms with E-state index < -0.39 is 5.97 Å². The lowest BCUT2D eigenvalue weighted by Gasteiger charge is -2.31. The van der Waals surface area contributed by atoms with E-state index in [1.807, 2.05) is 42.5 Å². The maximum absolute atomic E-state index is 11.4. The lowest BCUT2D eigenvalue weighted by molar-refractivity contribution is 0.0699. The van der Waals surface area contributed by atoms with Gasteiger partial charge in [0, 0.05) is 17.3 Å². The van der Waals surface area contributed by atoms with Crippen LogP contribution in [-0.4, -0.2) is 29.2 Å². The summed E-state index contributed by atoms with van der Waals surface area (Å²) in [5.74, 6) is -0.111. The molecule has 1 N–H and O–H groups in total. The van der Waals surface area contributed by atoms with Crippen molar-refractivity contribution in [1.82, 2.24) is 4.98 Å². The molecule has 2 heterocycles. The molecular weight excluding hydrogens is 292 g/mol. The summed E-state index contributed by atoms with van der Waals surface area (Å²) in [4.78, 5) is 17.8. The Balaban J connectivity index is 1.88. The van der Waals surface area contributed by atoms with Crippen LogP contribution >= 0.6 is 0 Å². The number of fused-ring (bicyclic) bond motifs is 2. The molecule has 5 heteroatoms. The fraction of sp³-hybridized carbons (Fsp3) is 0.111. The van der Waals surface area contributed by atoms with E-state index >= 15 is 0 Å². The van der Waals surface area contributed by atoms with Gasteiger partial charge < -0.3 is 14.7 Å². The fourth-order valence-electron chi connectivity index (χ4n) is 2.93. The molecule has 5 nitrogen and oxygen atoms in total. The zero-order valence-electron chi connectivity index (χ0n) is 12.3. The molecule has 23 heavy (non-hydrogen) atoms. The Morgan fingerprint density at radius 3 is 2.91 bits per heavy atom. The zero-order chi connectivity index (χ0) is 15.8. The molecule has 3 aromatic rings. The minimum Gasteiger partial charge on any atom is -0.490 e. The Bertz CT molecular complexity index is 908. The monoisotopic (exact) mass is 306 g/mol. The number of hydrogen-bond donors (Lipinski definition) is 1. The first-order valence-corrected chi connectivity index (χ1v) is 7.35. The highest BCUT2D eigenvalue weighted by molar-refractivity contribution is 6.03. The van der Waals surface area contributed by atoms with E-state index in [0.29, 0.717) is 24.1 Å². The highest BCUT2D eigenvalue weighted by Gasteiger charge is 2.20. The van der Waals surface area contributed by atoms with Gasteiger partial charge in [-0.05, 0) is 36.4 Å². The summed E-state index contributed by atoms with van der Waals surface area (Å²) in [5.41, 5.74) is 2.86. The molecule has 0 saturated heterocycles. The van der Waals surface area contributed by atoms with Crippen molar-refractivity contribution < 1.29 is 14.6 Å². The summed E-state index contributed by atoms with van der Waals surface area (Å²) in [5, 5.41) is 10.0. The van der Waals surface area contributed by atoms with Gasteiger partial charge in [0.15, 0.2) is 0 Å². The quantitative estimate of drug-likeness (QED) is 0.785. The number of aromatic nitrogens is 1. The largest absolute Gasteiger partial charge is 0.490 e. The summed E-state index contributed by atoms with van der Waals surface area (Å²) < 4.78 is 5.68. The first-order chi connectivity index (χ1) is 11.2. The number of para-hydroxylation sites is 2. The van der Waals surface area contributed by atoms with Crippen molar-refractivity contribution in [2.75, 3.05) is 18.1 Å². The highest BCUT2D eigenvalue weighted by atomic mass is 16.5. The molecule has 0 aliphatic carbocycles. The number of carboxylic acid groups (broad SMARTS) is 1. The summed E-state index contributed by atoms with van der Waals surface area (Å²) in [6.45, 7) is 1.30. The minimum atomic E-state index is -0.947. The second kappa shape index (κ2) is 5.28. The number of anilines is 2. The van der Waals surface area contributed by atoms with Crippen molar-refractivity contribution in [2.24, 2.45) is 0 Å². The highest BCUT2D eigenvalue weighted by Crippen LogP contribution is 2.37. The number of aromatic carboxylic acids is 1. The molecule has 1 aromatic heterocycles. The number of hydrogen-bond acceptors (Lipinski definition) is 4. The van der Waals surface area contributed by atoms with E-state index in [1.54, 1.807) is 0 Å². The molecule has 0 bridgehead atoms. The van der Waals surface area contributed by atoms with Crippen LogP contribution in [0, 0.1) is 0 Å². The first-order valence-electron chi connectivity index (χ1n) is 7.35. The second-order valence-corrected chi connectivity index (χ2v) is 5.33. The van der Waals surface area contributed by atoms with E-state index in [1.165, 1.54) is 12.3 Å². The standard InChI is InChI=1S/C18H14N2O3/c21-18(22)13-7-8-19-15-6-5-12(11-14(13)15)20-9-10-23-17-4-2-1-3-16(17)20/h1-8,11H,9-10H2,(H,21,22). The van der Waals surface area contributed by atoms with E-state index in [2.05, 4.69) is 9.88 Å². The van der Waals surface area contributed by atoms with Crippen LogP contribution in [0.4, 0.5) is 11.4 Å². The molecule has 4 rings (SSSR count). The molecule has 0 atom stereocenters. The van der Waals surface area contributed by atoms with Crippen molar-refractivity contribution >= 4 is 28.2 Å². The number of nitrogens with zero attached hydrogens (tertiary/aromatic N) is 2. The molecule has 1 aliphatic rings. The normalized spacial score (nSPS) is 13.5. The van der Waals surface area contributed by atoms with E-state index in [0.717, 1.165) is 17.1 Å². The Morgan fingerprint density at radius 1 is 1.17 bits per heavy atom. The smallest absolute Gasteiger partial charge is 0.336 e. The van der Waals surface area contributed by atoms with Crippen LogP contribution in [0.3, 0.4) is 0 Å². The lowest BCUT2D eigenvalue weighted by atomic mass is 10.1. The predicted octanol–water partition coefficient (Wildman–Crippen LogP) is 3.46. The van der Waals surface area contributed by atoms with Gasteiger partial charge in [0.05, 0.1) is 23.3 Å². The topological polar surface area (TPSA) is 62.7 Å². The van der Waals surface area contributed by atoms with Gasteiger partial charge in [0.2, 0.25) is 0 Å². The van der Waals surface area contributed by atoms with E-state index in [9.17, 15) is 9.90 Å². The van der Waals surface area contributed by atoms with Crippen LogP contribution in [-0.2, 0) is 0 Å². The molecule has 0 unspecified atom stereocenters. The van der Waals surface area contributed by atoms with Crippen LogP contribution in [0.2, 0.25) is 0 Å². The number of carbonyl (C=O) groups is 1. The van der Waals surface area contributed by atoms with Gasteiger partial charge in [-0.25, -0.2) is 4.79 Å². The Kier molecular flexibility index (Phi) is 3.12. The average Bonchev–Trinajstić information content (AvgIpc) is 2.60. The van der Waals surface area contributed by atoms with Crippen LogP contribution < -0.4 is 9.64 Å². The molecule has 0 radical (unpaired) electrons. The molecule has 1 aliphatic heterocycles. The van der Waals surface area contributed by atoms with Crippen molar-refractivity contribution in [2.45, 2.75) is 0 Å². The third-order valence-corrected chi connectivity index (χ3v) is 4.00. The Labute approximate surface area is 132 Å². The third kappa shape index (κ3) is 2.26. The number of benzene rings is 2. The van der Waals surface area contributed by atoms with Crippen LogP contribution in [0.1, 0.15) is 10.4 Å². The SMILES string of the molecule is O=C(O)c1ccnc2ccc(N3CCOc4ccccc43)cc12. The van der Waals surface area contributed by atoms with Crippen LogP contribution in [0.5, 0.6) is 5.75 Å². The number of rotatable bonds is 2. The van der Waals surface area contributed by atoms with Gasteiger partial charge in [0.1, 0.15) is 12.4 Å². The molecule has 114 valence electrons. The van der Waals surface area contributed by atoms with Gasteiger partial charge in [-0.15, -0.1) is 0 Å². The molecule has 0 saturated carbocycles. The molecule has 0 spiro atoms. The first kappa shape index (κ1) is 13.6. The fourth-order valence-corrected chi connectivity index (χ4v) is 2.93.